The van der Waals surface area contributed by atoms with Gasteiger partial charge < -0.3 is 4.90 Å². The lowest BCUT2D eigenvalue weighted by molar-refractivity contribution is 0.659. The summed E-state index contributed by atoms with van der Waals surface area (Å²) >= 11 is 2.53. The molecule has 0 saturated carbocycles. The molecule has 0 spiro atoms. The van der Waals surface area contributed by atoms with Gasteiger partial charge in [-0.25, -0.2) is 0 Å². The molecule has 0 radical (unpaired) electrons. The van der Waals surface area contributed by atoms with Crippen molar-refractivity contribution in [1.29, 1.82) is 0 Å². The van der Waals surface area contributed by atoms with Gasteiger partial charge in [-0.15, -0.1) is 0 Å². The van der Waals surface area contributed by atoms with Gasteiger partial charge in [-0.05, 0) is 174 Å². The van der Waals surface area contributed by atoms with Crippen LogP contribution in [-0.4, -0.2) is 8.75 Å². The molecule has 370 valence electrons. The zero-order valence-corrected chi connectivity index (χ0v) is 45.7. The Morgan fingerprint density at radius 1 is 0.338 bits per heavy atom. The van der Waals surface area contributed by atoms with Crippen molar-refractivity contribution in [1.82, 2.24) is 8.75 Å². The molecule has 0 unspecified atom stereocenters. The number of para-hydroxylation sites is 2. The second-order valence-electron chi connectivity index (χ2n) is 23.0. The van der Waals surface area contributed by atoms with E-state index in [1.807, 2.05) is 0 Å². The molecule has 77 heavy (non-hydrogen) atoms. The van der Waals surface area contributed by atoms with Crippen molar-refractivity contribution in [3.8, 4) is 77.9 Å². The van der Waals surface area contributed by atoms with Crippen LogP contribution in [0.15, 0.2) is 203 Å². The molecule has 0 amide bonds. The Labute approximate surface area is 457 Å². The topological polar surface area (TPSA) is 53.7 Å². The molecule has 1 aromatic heterocycles. The number of fused-ring (bicyclic) bond motifs is 11. The largest absolute Gasteiger partial charge is 0.311 e. The molecule has 2 heterocycles. The fourth-order valence-electron chi connectivity index (χ4n) is 13.4. The van der Waals surface area contributed by atoms with E-state index >= 15 is 0 Å². The molecule has 7 heteroatoms. The molecule has 0 fully saturated rings. The van der Waals surface area contributed by atoms with E-state index in [-0.39, 0.29) is 16.2 Å². The molecular formula is C70H53N5S2. The van der Waals surface area contributed by atoms with Crippen LogP contribution in [0.1, 0.15) is 80.5 Å². The highest BCUT2D eigenvalue weighted by Gasteiger charge is 2.40. The summed E-state index contributed by atoms with van der Waals surface area (Å²) in [6.07, 6.45) is 0. The molecule has 0 saturated heterocycles. The van der Waals surface area contributed by atoms with Crippen LogP contribution in [0.5, 0.6) is 0 Å². The Hall–Kier alpha value is -8.36. The zero-order valence-electron chi connectivity index (χ0n) is 44.0. The monoisotopic (exact) mass is 1030 g/mol. The van der Waals surface area contributed by atoms with Crippen molar-refractivity contribution in [3.63, 3.8) is 0 Å². The van der Waals surface area contributed by atoms with Crippen LogP contribution in [0.2, 0.25) is 0 Å². The number of aryl methyl sites for hydroxylation is 1. The van der Waals surface area contributed by atoms with Crippen molar-refractivity contribution >= 4 is 62.6 Å². The molecule has 10 aromatic carbocycles. The smallest absolute Gasteiger partial charge is 0.115 e. The van der Waals surface area contributed by atoms with Gasteiger partial charge in [0.05, 0.1) is 23.1 Å². The average molecular weight is 1030 g/mol. The molecule has 0 N–H and O–H groups in total. The highest BCUT2D eigenvalue weighted by Crippen LogP contribution is 2.58. The van der Waals surface area contributed by atoms with E-state index in [9.17, 15) is 0 Å². The van der Waals surface area contributed by atoms with Crippen molar-refractivity contribution in [2.75, 3.05) is 4.90 Å². The molecule has 3 aliphatic carbocycles. The summed E-state index contributed by atoms with van der Waals surface area (Å²) in [7, 11) is 0. The minimum Gasteiger partial charge on any atom is -0.311 e. The third-order valence-electron chi connectivity index (χ3n) is 17.5. The number of nitrogens with zero attached hydrogens (tertiary/aromatic N) is 5. The van der Waals surface area contributed by atoms with E-state index < -0.39 is 0 Å². The first kappa shape index (κ1) is 46.0. The maximum atomic E-state index is 5.06. The van der Waals surface area contributed by atoms with Crippen molar-refractivity contribution in [2.45, 2.75) is 64.7 Å². The molecule has 1 aliphatic heterocycles. The standard InChI is InChI=1S/C70H53N5S2/c1-40-18-28-50-51-30-22-43(36-58(51)68(2,3)56(50)34-40)44-23-31-53-55-33-25-46(39-61(55)70(6,7)59(53)37-44)63-66-64(71-76-73-66)62(65-67(63)74-77-72-65)45-24-32-54-52-29-21-42(35-57(52)69(4,5)60(54)38-45)41-19-26-49(27-20-41)75(47-14-10-8-11-15-47)48-16-12-9-13-17-48/h8-39H,1-7H3. The number of hydrogen-bond donors (Lipinski definition) is 0. The van der Waals surface area contributed by atoms with E-state index in [4.69, 9.17) is 17.5 Å². The number of benzene rings is 10. The SMILES string of the molecule is Cc1ccc2c(c1)C(C)(C)c1cc(-c3ccc4c(c3)C(C)(C)c3cc(-c5c6c(c(-c7ccc8c(c7)C(C)(C)c7cc(-c9ccc(N(c%10ccccc%10)c%10ccccc%10)cc9)ccc7-8)c7nsnc57)N=S=N6)ccc3-4)ccc1-2. The first-order chi connectivity index (χ1) is 37.3. The predicted molar refractivity (Wildman–Crippen MR) is 323 cm³/mol. The molecular weight excluding hydrogens is 975 g/mol. The molecule has 15 rings (SSSR count). The molecule has 4 aliphatic rings. The van der Waals surface area contributed by atoms with Crippen LogP contribution in [-0.2, 0) is 27.6 Å². The second kappa shape index (κ2) is 16.6. The molecule has 0 atom stereocenters. The van der Waals surface area contributed by atoms with Gasteiger partial charge in [-0.2, -0.15) is 17.5 Å². The minimum atomic E-state index is -0.258. The van der Waals surface area contributed by atoms with E-state index in [1.54, 1.807) is 0 Å². The lowest BCUT2D eigenvalue weighted by Crippen LogP contribution is -2.15. The average Bonchev–Trinajstić information content (AvgIpc) is 4.48. The zero-order chi connectivity index (χ0) is 52.1. The fourth-order valence-corrected chi connectivity index (χ4v) is 14.5. The molecule has 0 bridgehead atoms. The van der Waals surface area contributed by atoms with Gasteiger partial charge in [0.2, 0.25) is 0 Å². The fraction of sp³-hybridized carbons (Fsp3) is 0.143. The highest BCUT2D eigenvalue weighted by atomic mass is 32.1. The summed E-state index contributed by atoms with van der Waals surface area (Å²) in [4.78, 5) is 2.31. The van der Waals surface area contributed by atoms with E-state index in [0.717, 1.165) is 61.7 Å². The first-order valence-electron chi connectivity index (χ1n) is 26.6. The van der Waals surface area contributed by atoms with Crippen LogP contribution in [0, 0.1) is 6.92 Å². The van der Waals surface area contributed by atoms with Crippen molar-refractivity contribution in [2.24, 2.45) is 8.73 Å². The quantitative estimate of drug-likeness (QED) is 0.160. The summed E-state index contributed by atoms with van der Waals surface area (Å²) in [5.74, 6) is 0. The summed E-state index contributed by atoms with van der Waals surface area (Å²) < 4.78 is 20.2. The second-order valence-corrected chi connectivity index (χ2v) is 24.0. The van der Waals surface area contributed by atoms with Crippen LogP contribution in [0.4, 0.5) is 28.4 Å². The van der Waals surface area contributed by atoms with Gasteiger partial charge in [-0.3, -0.25) is 0 Å². The van der Waals surface area contributed by atoms with Crippen LogP contribution >= 0.6 is 11.7 Å². The Morgan fingerprint density at radius 3 is 1.08 bits per heavy atom. The summed E-state index contributed by atoms with van der Waals surface area (Å²) in [5.41, 5.74) is 32.5. The van der Waals surface area contributed by atoms with Gasteiger partial charge in [-0.1, -0.05) is 174 Å². The van der Waals surface area contributed by atoms with Crippen molar-refractivity contribution < 1.29 is 0 Å². The minimum absolute atomic E-state index is 0.0632. The number of anilines is 3. The highest BCUT2D eigenvalue weighted by molar-refractivity contribution is 7.58. The van der Waals surface area contributed by atoms with E-state index in [0.29, 0.717) is 0 Å². The van der Waals surface area contributed by atoms with Gasteiger partial charge in [0, 0.05) is 44.4 Å². The van der Waals surface area contributed by atoms with E-state index in [2.05, 4.69) is 247 Å². The van der Waals surface area contributed by atoms with E-state index in [1.165, 1.54) is 118 Å². The lowest BCUT2D eigenvalue weighted by Gasteiger charge is -2.25. The normalized spacial score (nSPS) is 15.1. The number of rotatable bonds is 7. The first-order valence-corrected chi connectivity index (χ1v) is 28.1. The third-order valence-corrected chi connectivity index (χ3v) is 18.6. The van der Waals surface area contributed by atoms with Crippen molar-refractivity contribution in [3.05, 3.63) is 233 Å². The van der Waals surface area contributed by atoms with Gasteiger partial charge in [0.25, 0.3) is 0 Å². The Morgan fingerprint density at radius 2 is 0.662 bits per heavy atom. The maximum Gasteiger partial charge on any atom is 0.115 e. The summed E-state index contributed by atoms with van der Waals surface area (Å²) in [6, 6.07) is 72.1. The molecule has 11 aromatic rings. The van der Waals surface area contributed by atoms with Gasteiger partial charge in [0.1, 0.15) is 22.4 Å². The number of aromatic nitrogens is 2. The third kappa shape index (κ3) is 6.76. The van der Waals surface area contributed by atoms with Crippen LogP contribution in [0.3, 0.4) is 0 Å². The van der Waals surface area contributed by atoms with Gasteiger partial charge >= 0.3 is 0 Å². The maximum absolute atomic E-state index is 5.06. The van der Waals surface area contributed by atoms with Crippen LogP contribution < -0.4 is 4.90 Å². The molecule has 5 nitrogen and oxygen atoms in total. The summed E-state index contributed by atoms with van der Waals surface area (Å²) in [6.45, 7) is 16.4. The Kier molecular flexibility index (Phi) is 9.90. The van der Waals surface area contributed by atoms with Gasteiger partial charge in [0.15, 0.2) is 0 Å². The number of hydrogen-bond acceptors (Lipinski definition) is 6. The Bertz CT molecular complexity index is 4370. The predicted octanol–water partition coefficient (Wildman–Crippen LogP) is 19.8. The Balaban J connectivity index is 0.751. The summed E-state index contributed by atoms with van der Waals surface area (Å²) in [5, 5.41) is 0. The lowest BCUT2D eigenvalue weighted by atomic mass is 9.79. The van der Waals surface area contributed by atoms with Crippen LogP contribution in [0.25, 0.3) is 88.9 Å².